The van der Waals surface area contributed by atoms with Crippen LogP contribution in [0.15, 0.2) is 48.6 Å². The van der Waals surface area contributed by atoms with E-state index in [1.807, 2.05) is 6.07 Å². The molecule has 2 aliphatic heterocycles. The van der Waals surface area contributed by atoms with Gasteiger partial charge in [0, 0.05) is 29.1 Å². The first-order chi connectivity index (χ1) is 19.6. The highest BCUT2D eigenvalue weighted by atomic mass is 35.5. The number of anilines is 1. The first-order valence-corrected chi connectivity index (χ1v) is 16.4. The number of rotatable bonds is 0. The minimum absolute atomic E-state index is 0.0463. The molecule has 1 saturated carbocycles. The van der Waals surface area contributed by atoms with Crippen molar-refractivity contribution in [2.75, 3.05) is 24.6 Å². The first-order valence-electron chi connectivity index (χ1n) is 14.5. The smallest absolute Gasteiger partial charge is 0.264 e. The molecule has 6 rings (SSSR count). The number of sulfonamides is 1. The van der Waals surface area contributed by atoms with E-state index < -0.39 is 33.4 Å². The summed E-state index contributed by atoms with van der Waals surface area (Å²) in [6, 6.07) is 11.1. The van der Waals surface area contributed by atoms with E-state index in [9.17, 15) is 23.4 Å². The summed E-state index contributed by atoms with van der Waals surface area (Å²) in [5.74, 6) is 0.164. The molecule has 8 nitrogen and oxygen atoms in total. The minimum Gasteiger partial charge on any atom is -0.490 e. The molecule has 3 N–H and O–H groups in total. The maximum Gasteiger partial charge on any atom is 0.264 e. The van der Waals surface area contributed by atoms with Gasteiger partial charge in [-0.05, 0) is 98.7 Å². The number of ether oxygens (including phenoxy) is 1. The Balaban J connectivity index is 1.42. The van der Waals surface area contributed by atoms with E-state index in [2.05, 4.69) is 21.8 Å². The SMILES string of the molecule is C[C@@H]1[C@H](O)C/C=C\[C@H](O)[C@@H]2CC[C@H]2CN2C[C@@]3(CCCc4cc(Cl)ccc43)COc3ccc(cc32)C(=O)NS1(=O)=O. The molecule has 0 unspecified atom stereocenters. The molecule has 1 spiro atoms. The quantitative estimate of drug-likeness (QED) is 0.392. The predicted octanol–water partition coefficient (Wildman–Crippen LogP) is 3.97. The molecule has 2 aliphatic carbocycles. The Morgan fingerprint density at radius 2 is 1.98 bits per heavy atom. The van der Waals surface area contributed by atoms with Gasteiger partial charge in [-0.2, -0.15) is 0 Å². The molecular weight excluding hydrogens is 564 g/mol. The number of amides is 1. The van der Waals surface area contributed by atoms with Gasteiger partial charge in [0.1, 0.15) is 11.0 Å². The minimum atomic E-state index is -4.16. The molecule has 2 aromatic rings. The van der Waals surface area contributed by atoms with Gasteiger partial charge >= 0.3 is 0 Å². The number of nitrogens with zero attached hydrogens (tertiary/aromatic N) is 1. The summed E-state index contributed by atoms with van der Waals surface area (Å²) in [6.45, 7) is 3.17. The maximum absolute atomic E-state index is 13.2. The molecule has 41 heavy (non-hydrogen) atoms. The molecule has 0 aromatic heterocycles. The molecular formula is C31H37ClN2O6S. The molecule has 2 aromatic carbocycles. The summed E-state index contributed by atoms with van der Waals surface area (Å²) in [5, 5.41) is 21.0. The van der Waals surface area contributed by atoms with Gasteiger partial charge in [0.2, 0.25) is 10.0 Å². The van der Waals surface area contributed by atoms with Crippen LogP contribution in [0.3, 0.4) is 0 Å². The van der Waals surface area contributed by atoms with Crippen molar-refractivity contribution in [3.63, 3.8) is 0 Å². The number of fused-ring (bicyclic) bond motifs is 4. The number of carbonyl (C=O) groups is 1. The Morgan fingerprint density at radius 1 is 1.15 bits per heavy atom. The molecule has 4 aliphatic rings. The van der Waals surface area contributed by atoms with Gasteiger partial charge in [-0.3, -0.25) is 4.79 Å². The molecule has 10 heteroatoms. The third kappa shape index (κ3) is 5.38. The number of nitrogens with one attached hydrogen (secondary N) is 1. The van der Waals surface area contributed by atoms with Gasteiger partial charge in [-0.25, -0.2) is 13.1 Å². The van der Waals surface area contributed by atoms with Crippen LogP contribution in [0.1, 0.15) is 60.5 Å². The fourth-order valence-corrected chi connectivity index (χ4v) is 8.27. The lowest BCUT2D eigenvalue weighted by atomic mass is 9.68. The normalized spacial score (nSPS) is 33.8. The molecule has 1 fully saturated rings. The third-order valence-electron chi connectivity index (χ3n) is 9.65. The number of benzene rings is 2. The highest BCUT2D eigenvalue weighted by molar-refractivity contribution is 7.90. The Kier molecular flexibility index (Phi) is 7.59. The average molecular weight is 601 g/mol. The Morgan fingerprint density at radius 3 is 2.76 bits per heavy atom. The monoisotopic (exact) mass is 600 g/mol. The van der Waals surface area contributed by atoms with Gasteiger partial charge in [0.25, 0.3) is 5.91 Å². The van der Waals surface area contributed by atoms with Crippen LogP contribution in [0.4, 0.5) is 5.69 Å². The average Bonchev–Trinajstić information content (AvgIpc) is 3.06. The van der Waals surface area contributed by atoms with Crippen molar-refractivity contribution in [1.82, 2.24) is 4.72 Å². The first kappa shape index (κ1) is 28.5. The Hall–Kier alpha value is -2.59. The van der Waals surface area contributed by atoms with Crippen LogP contribution in [0.2, 0.25) is 5.02 Å². The lowest BCUT2D eigenvalue weighted by molar-refractivity contribution is 0.0454. The van der Waals surface area contributed by atoms with Crippen LogP contribution in [0.5, 0.6) is 5.75 Å². The molecule has 220 valence electrons. The summed E-state index contributed by atoms with van der Waals surface area (Å²) in [4.78, 5) is 15.5. The van der Waals surface area contributed by atoms with E-state index in [1.54, 1.807) is 30.4 Å². The van der Waals surface area contributed by atoms with E-state index in [4.69, 9.17) is 16.3 Å². The second-order valence-electron chi connectivity index (χ2n) is 12.2. The zero-order valence-corrected chi connectivity index (χ0v) is 24.7. The van der Waals surface area contributed by atoms with Gasteiger partial charge in [0.05, 0.1) is 24.5 Å². The van der Waals surface area contributed by atoms with Crippen LogP contribution in [0.25, 0.3) is 0 Å². The molecule has 0 radical (unpaired) electrons. The van der Waals surface area contributed by atoms with Gasteiger partial charge in [-0.1, -0.05) is 29.8 Å². The number of aryl methyl sites for hydroxylation is 1. The highest BCUT2D eigenvalue weighted by Gasteiger charge is 2.44. The van der Waals surface area contributed by atoms with Gasteiger partial charge in [0.15, 0.2) is 0 Å². The van der Waals surface area contributed by atoms with Crippen molar-refractivity contribution in [3.05, 3.63) is 70.3 Å². The summed E-state index contributed by atoms with van der Waals surface area (Å²) in [6.07, 6.45) is 6.21. The van der Waals surface area contributed by atoms with Crippen molar-refractivity contribution >= 4 is 33.2 Å². The lowest BCUT2D eigenvalue weighted by Crippen LogP contribution is -2.49. The van der Waals surface area contributed by atoms with Crippen LogP contribution in [-0.4, -0.2) is 61.7 Å². The highest BCUT2D eigenvalue weighted by Crippen LogP contribution is 2.46. The van der Waals surface area contributed by atoms with Crippen LogP contribution >= 0.6 is 11.6 Å². The van der Waals surface area contributed by atoms with Crippen LogP contribution in [0, 0.1) is 11.8 Å². The van der Waals surface area contributed by atoms with E-state index in [0.29, 0.717) is 25.4 Å². The maximum atomic E-state index is 13.2. The molecule has 2 bridgehead atoms. The number of aliphatic hydroxyl groups is 2. The van der Waals surface area contributed by atoms with Crippen molar-refractivity contribution < 1.29 is 28.2 Å². The van der Waals surface area contributed by atoms with E-state index in [0.717, 1.165) is 42.8 Å². The van der Waals surface area contributed by atoms with Gasteiger partial charge < -0.3 is 19.8 Å². The van der Waals surface area contributed by atoms with Crippen LogP contribution < -0.4 is 14.4 Å². The molecule has 0 saturated heterocycles. The zero-order valence-electron chi connectivity index (χ0n) is 23.1. The summed E-state index contributed by atoms with van der Waals surface area (Å²) < 4.78 is 34.6. The van der Waals surface area contributed by atoms with Crippen molar-refractivity contribution in [3.8, 4) is 5.75 Å². The largest absolute Gasteiger partial charge is 0.490 e. The number of carbonyl (C=O) groups excluding carboxylic acids is 1. The fourth-order valence-electron chi connectivity index (χ4n) is 6.99. The Bertz CT molecular complexity index is 1480. The number of hydrogen-bond donors (Lipinski definition) is 3. The second-order valence-corrected chi connectivity index (χ2v) is 14.7. The third-order valence-corrected chi connectivity index (χ3v) is 11.6. The van der Waals surface area contributed by atoms with Crippen LogP contribution in [-0.2, 0) is 21.9 Å². The summed E-state index contributed by atoms with van der Waals surface area (Å²) in [7, 11) is -4.16. The predicted molar refractivity (Wildman–Crippen MR) is 158 cm³/mol. The topological polar surface area (TPSA) is 116 Å². The standard InChI is InChI=1S/C31H37ClN2O6S/c1-19-27(35)5-2-6-28(36)24-10-7-22(24)16-34-17-31(13-3-4-20-14-23(32)9-11-25(20)31)18-40-29-12-8-21(15-26(29)34)30(37)33-41(19,38)39/h2,6,8-9,11-12,14-15,19,22,24,27-28,35-36H,3-5,7,10,13,16-18H2,1H3,(H,33,37)/b6-2-/t19-,22+,24-,27-,28+,31+/m1/s1. The summed E-state index contributed by atoms with van der Waals surface area (Å²) >= 11 is 6.36. The fraction of sp³-hybridized carbons (Fsp3) is 0.516. The molecule has 1 amide bonds. The van der Waals surface area contributed by atoms with Crippen molar-refractivity contribution in [2.24, 2.45) is 11.8 Å². The van der Waals surface area contributed by atoms with Crippen molar-refractivity contribution in [2.45, 2.75) is 68.3 Å². The number of halogens is 1. The van der Waals surface area contributed by atoms with Gasteiger partial charge in [-0.15, -0.1) is 0 Å². The second kappa shape index (κ2) is 10.9. The van der Waals surface area contributed by atoms with E-state index in [1.165, 1.54) is 18.1 Å². The van der Waals surface area contributed by atoms with Crippen molar-refractivity contribution in [1.29, 1.82) is 0 Å². The Labute approximate surface area is 246 Å². The zero-order chi connectivity index (χ0) is 28.9. The summed E-state index contributed by atoms with van der Waals surface area (Å²) in [5.41, 5.74) is 3.12. The number of hydrogen-bond acceptors (Lipinski definition) is 7. The number of aliphatic hydroxyl groups excluding tert-OH is 2. The molecule has 2 heterocycles. The molecule has 6 atom stereocenters. The van der Waals surface area contributed by atoms with E-state index >= 15 is 0 Å². The lowest BCUT2D eigenvalue weighted by Gasteiger charge is -2.45. The van der Waals surface area contributed by atoms with E-state index in [-0.39, 0.29) is 29.2 Å².